The Bertz CT molecular complexity index is 1760. The zero-order valence-corrected chi connectivity index (χ0v) is 19.2. The van der Waals surface area contributed by atoms with Crippen molar-refractivity contribution in [2.45, 2.75) is 4.90 Å². The number of fused-ring (bicyclic) bond motifs is 2. The van der Waals surface area contributed by atoms with Gasteiger partial charge in [0.25, 0.3) is 5.91 Å². The lowest BCUT2D eigenvalue weighted by molar-refractivity contribution is 0.102. The van der Waals surface area contributed by atoms with Gasteiger partial charge in [0, 0.05) is 29.8 Å². The maximum Gasteiger partial charge on any atom is 0.310 e. The van der Waals surface area contributed by atoms with E-state index in [0.717, 1.165) is 6.26 Å². The molecule has 1 amide bonds. The van der Waals surface area contributed by atoms with E-state index in [1.54, 1.807) is 23.1 Å². The Labute approximate surface area is 202 Å². The Balaban J connectivity index is 1.55. The van der Waals surface area contributed by atoms with Gasteiger partial charge < -0.3 is 20.0 Å². The van der Waals surface area contributed by atoms with Gasteiger partial charge in [-0.05, 0) is 24.3 Å². The maximum absolute atomic E-state index is 15.5. The second-order valence-electron chi connectivity index (χ2n) is 8.13. The SMILES string of the molecule is Cn1cc(-c2ccc3c(C(=O)Nc4cc(S(F)(F)(F)(F)F)ccc4F)coc3c2F)c2c(N)ncnc21. The summed E-state index contributed by atoms with van der Waals surface area (Å²) in [6, 6.07) is 2.43. The highest BCUT2D eigenvalue weighted by molar-refractivity contribution is 8.45. The number of halogens is 7. The van der Waals surface area contributed by atoms with Crippen molar-refractivity contribution < 1.29 is 37.4 Å². The predicted octanol–water partition coefficient (Wildman–Crippen LogP) is 7.15. The van der Waals surface area contributed by atoms with Crippen LogP contribution < -0.4 is 11.1 Å². The number of amides is 1. The molecule has 0 spiro atoms. The van der Waals surface area contributed by atoms with Gasteiger partial charge >= 0.3 is 10.2 Å². The average molecular weight is 545 g/mol. The molecule has 0 saturated carbocycles. The largest absolute Gasteiger partial charge is 0.460 e. The molecular weight excluding hydrogens is 531 g/mol. The number of carbonyl (C=O) groups excluding carboxylic acids is 1. The Kier molecular flexibility index (Phi) is 4.72. The highest BCUT2D eigenvalue weighted by Crippen LogP contribution is 3.02. The third-order valence-corrected chi connectivity index (χ3v) is 6.78. The van der Waals surface area contributed by atoms with Crippen LogP contribution in [0.3, 0.4) is 0 Å². The van der Waals surface area contributed by atoms with Gasteiger partial charge in [0.15, 0.2) is 11.4 Å². The number of aryl methyl sites for hydroxylation is 1. The van der Waals surface area contributed by atoms with E-state index in [2.05, 4.69) is 9.97 Å². The van der Waals surface area contributed by atoms with E-state index >= 15 is 4.39 Å². The molecule has 2 aromatic carbocycles. The third kappa shape index (κ3) is 4.10. The molecule has 3 N–H and O–H groups in total. The summed E-state index contributed by atoms with van der Waals surface area (Å²) in [6.07, 6.45) is 3.61. The molecular formula is C22H14F7N5O2S. The average Bonchev–Trinajstić information content (AvgIpc) is 3.37. The van der Waals surface area contributed by atoms with Crippen LogP contribution in [0.25, 0.3) is 33.1 Å². The number of nitrogens with one attached hydrogen (secondary N) is 1. The number of nitrogen functional groups attached to an aromatic ring is 1. The van der Waals surface area contributed by atoms with Gasteiger partial charge in [-0.2, -0.15) is 0 Å². The summed E-state index contributed by atoms with van der Waals surface area (Å²) in [4.78, 5) is 18.3. The van der Waals surface area contributed by atoms with Gasteiger partial charge in [-0.15, -0.1) is 0 Å². The van der Waals surface area contributed by atoms with Crippen LogP contribution in [0.15, 0.2) is 58.4 Å². The van der Waals surface area contributed by atoms with E-state index in [0.29, 0.717) is 16.6 Å². The first-order valence-corrected chi connectivity index (χ1v) is 12.1. The zero-order valence-electron chi connectivity index (χ0n) is 18.4. The van der Waals surface area contributed by atoms with Gasteiger partial charge in [0.05, 0.1) is 16.6 Å². The summed E-state index contributed by atoms with van der Waals surface area (Å²) >= 11 is 0. The van der Waals surface area contributed by atoms with Crippen LogP contribution in [0, 0.1) is 11.6 Å². The van der Waals surface area contributed by atoms with Crippen molar-refractivity contribution in [1.29, 1.82) is 0 Å². The van der Waals surface area contributed by atoms with Crippen LogP contribution in [0.2, 0.25) is 0 Å². The molecule has 0 atom stereocenters. The smallest absolute Gasteiger partial charge is 0.310 e. The number of aromatic nitrogens is 3. The van der Waals surface area contributed by atoms with Crippen LogP contribution >= 0.6 is 10.2 Å². The summed E-state index contributed by atoms with van der Waals surface area (Å²) in [5.74, 6) is -3.42. The molecule has 0 radical (unpaired) electrons. The summed E-state index contributed by atoms with van der Waals surface area (Å²) in [6.45, 7) is 0. The Morgan fingerprint density at radius 3 is 2.49 bits per heavy atom. The van der Waals surface area contributed by atoms with Crippen molar-refractivity contribution in [2.75, 3.05) is 11.1 Å². The number of nitrogens with two attached hydrogens (primary N) is 1. The molecule has 3 heterocycles. The summed E-state index contributed by atoms with van der Waals surface area (Å²) < 4.78 is 102. The second-order valence-corrected chi connectivity index (χ2v) is 10.5. The molecule has 0 bridgehead atoms. The Morgan fingerprint density at radius 1 is 1.05 bits per heavy atom. The van der Waals surface area contributed by atoms with E-state index in [-0.39, 0.29) is 40.5 Å². The van der Waals surface area contributed by atoms with Crippen LogP contribution in [0.4, 0.5) is 39.7 Å². The summed E-state index contributed by atoms with van der Waals surface area (Å²) in [5.41, 5.74) is 4.81. The minimum absolute atomic E-state index is 0.0236. The quantitative estimate of drug-likeness (QED) is 0.234. The standard InChI is InChI=1S/C22H14F7N5O2S/c1-34-7-13(17-20(30)31-9-32-21(17)34)11-3-4-12-14(8-36-19(12)18(11)24)22(35)33-16-6-10(2-5-15(16)23)37(25,26,27,28)29/h2-9H,1H3,(H,33,35)(H2,30,31,32). The number of anilines is 2. The lowest BCUT2D eigenvalue weighted by Gasteiger charge is -2.40. The van der Waals surface area contributed by atoms with Gasteiger partial charge in [-0.1, -0.05) is 25.5 Å². The molecule has 194 valence electrons. The number of carbonyl (C=O) groups is 1. The molecule has 0 fully saturated rings. The van der Waals surface area contributed by atoms with Crippen LogP contribution in [-0.4, -0.2) is 20.4 Å². The van der Waals surface area contributed by atoms with Crippen molar-refractivity contribution in [3.63, 3.8) is 0 Å². The van der Waals surface area contributed by atoms with Gasteiger partial charge in [0.2, 0.25) is 0 Å². The van der Waals surface area contributed by atoms with Crippen LogP contribution in [-0.2, 0) is 7.05 Å². The lowest BCUT2D eigenvalue weighted by Crippen LogP contribution is -2.14. The van der Waals surface area contributed by atoms with Gasteiger partial charge in [-0.3, -0.25) is 4.79 Å². The third-order valence-electron chi connectivity index (χ3n) is 5.63. The molecule has 37 heavy (non-hydrogen) atoms. The number of hydrogen-bond donors (Lipinski definition) is 2. The fraction of sp³-hybridized carbons (Fsp3) is 0.0455. The van der Waals surface area contributed by atoms with Crippen molar-refractivity contribution >= 4 is 49.6 Å². The number of hydrogen-bond acceptors (Lipinski definition) is 5. The number of furan rings is 1. The number of nitrogens with zero attached hydrogens (tertiary/aromatic N) is 3. The lowest BCUT2D eigenvalue weighted by atomic mass is 10.0. The number of rotatable bonds is 4. The maximum atomic E-state index is 15.5. The second kappa shape index (κ2) is 7.15. The number of benzene rings is 2. The van der Waals surface area contributed by atoms with E-state index in [1.165, 1.54) is 18.5 Å². The van der Waals surface area contributed by atoms with Crippen molar-refractivity contribution in [3.05, 3.63) is 66.3 Å². The Morgan fingerprint density at radius 2 is 1.78 bits per heavy atom. The molecule has 15 heteroatoms. The van der Waals surface area contributed by atoms with Gasteiger partial charge in [-0.25, -0.2) is 18.7 Å². The van der Waals surface area contributed by atoms with E-state index < -0.39 is 43.9 Å². The fourth-order valence-corrected chi connectivity index (χ4v) is 4.58. The minimum atomic E-state index is -10.1. The van der Waals surface area contributed by atoms with Crippen LogP contribution in [0.5, 0.6) is 0 Å². The monoisotopic (exact) mass is 545 g/mol. The molecule has 0 aliphatic heterocycles. The van der Waals surface area contributed by atoms with E-state index in [1.807, 2.05) is 0 Å². The molecule has 0 aliphatic rings. The molecule has 7 nitrogen and oxygen atoms in total. The van der Waals surface area contributed by atoms with Crippen LogP contribution in [0.1, 0.15) is 10.4 Å². The molecule has 0 unspecified atom stereocenters. The molecule has 3 aromatic heterocycles. The highest BCUT2D eigenvalue weighted by Gasteiger charge is 2.65. The molecule has 0 saturated heterocycles. The van der Waals surface area contributed by atoms with Gasteiger partial charge in [0.1, 0.15) is 34.8 Å². The first-order valence-electron chi connectivity index (χ1n) is 10.2. The summed E-state index contributed by atoms with van der Waals surface area (Å²) in [5, 5.41) is 2.07. The van der Waals surface area contributed by atoms with Crippen molar-refractivity contribution in [1.82, 2.24) is 14.5 Å². The predicted molar refractivity (Wildman–Crippen MR) is 124 cm³/mol. The fourth-order valence-electron chi connectivity index (χ4n) is 3.92. The minimum Gasteiger partial charge on any atom is -0.460 e. The first kappa shape index (κ1) is 24.4. The molecule has 5 aromatic rings. The van der Waals surface area contributed by atoms with E-state index in [9.17, 15) is 28.6 Å². The normalized spacial score (nSPS) is 14.1. The van der Waals surface area contributed by atoms with Crippen molar-refractivity contribution in [3.8, 4) is 11.1 Å². The zero-order chi connectivity index (χ0) is 27.0. The topological polar surface area (TPSA) is 99.0 Å². The molecule has 5 rings (SSSR count). The highest BCUT2D eigenvalue weighted by atomic mass is 32.5. The van der Waals surface area contributed by atoms with E-state index in [4.69, 9.17) is 10.2 Å². The molecule has 0 aliphatic carbocycles. The Hall–Kier alpha value is -4.27. The first-order chi connectivity index (χ1) is 17.0. The van der Waals surface area contributed by atoms with Crippen molar-refractivity contribution in [2.24, 2.45) is 7.05 Å². The summed E-state index contributed by atoms with van der Waals surface area (Å²) in [7, 11) is -8.48.